The first-order chi connectivity index (χ1) is 15.1. The molecule has 5 aliphatic rings. The van der Waals surface area contributed by atoms with E-state index in [4.69, 9.17) is 0 Å². The van der Waals surface area contributed by atoms with Crippen molar-refractivity contribution in [2.24, 2.45) is 56.2 Å². The van der Waals surface area contributed by atoms with Crippen molar-refractivity contribution in [1.29, 1.82) is 0 Å². The Bertz CT molecular complexity index is 891. The van der Waals surface area contributed by atoms with Gasteiger partial charge in [-0.15, -0.1) is 0 Å². The summed E-state index contributed by atoms with van der Waals surface area (Å²) in [6.45, 7) is 18.6. The molecule has 5 rings (SSSR count). The number of aliphatic hydroxyl groups excluding tert-OH is 1. The zero-order valence-electron chi connectivity index (χ0n) is 22.5. The molecule has 0 aromatic rings. The molecule has 0 saturated heterocycles. The van der Waals surface area contributed by atoms with Crippen LogP contribution < -0.4 is 0 Å². The van der Waals surface area contributed by atoms with Gasteiger partial charge in [-0.3, -0.25) is 9.59 Å². The van der Waals surface area contributed by atoms with Crippen molar-refractivity contribution in [2.45, 2.75) is 119 Å². The fourth-order valence-electron chi connectivity index (χ4n) is 11.1. The summed E-state index contributed by atoms with van der Waals surface area (Å²) < 4.78 is 0. The Kier molecular flexibility index (Phi) is 4.90. The van der Waals surface area contributed by atoms with Crippen molar-refractivity contribution in [1.82, 2.24) is 0 Å². The number of hydrogen-bond acceptors (Lipinski definition) is 3. The predicted octanol–water partition coefficient (Wildman–Crippen LogP) is 6.61. The van der Waals surface area contributed by atoms with Gasteiger partial charge in [-0.05, 0) is 83.9 Å². The van der Waals surface area contributed by atoms with Gasteiger partial charge in [-0.2, -0.15) is 0 Å². The Balaban J connectivity index is 1.64. The lowest BCUT2D eigenvalue weighted by atomic mass is 9.29. The van der Waals surface area contributed by atoms with E-state index < -0.39 is 6.10 Å². The summed E-state index contributed by atoms with van der Waals surface area (Å²) in [4.78, 5) is 27.0. The summed E-state index contributed by atoms with van der Waals surface area (Å²) in [7, 11) is 0. The molecule has 0 radical (unpaired) electrons. The topological polar surface area (TPSA) is 54.4 Å². The number of fused-ring (bicyclic) bond motifs is 7. The Hall–Kier alpha value is -0.700. The van der Waals surface area contributed by atoms with E-state index in [9.17, 15) is 14.7 Å². The van der Waals surface area contributed by atoms with Gasteiger partial charge in [0.1, 0.15) is 11.6 Å². The maximum absolute atomic E-state index is 14.2. The van der Waals surface area contributed by atoms with Crippen molar-refractivity contribution in [2.75, 3.05) is 0 Å². The number of rotatable bonds is 0. The predicted molar refractivity (Wildman–Crippen MR) is 132 cm³/mol. The van der Waals surface area contributed by atoms with Crippen LogP contribution in [0.25, 0.3) is 0 Å². The molecule has 5 aliphatic carbocycles. The summed E-state index contributed by atoms with van der Waals surface area (Å²) in [5.74, 6) is 1.41. The molecule has 0 aromatic carbocycles. The molecule has 1 N–H and O–H groups in total. The van der Waals surface area contributed by atoms with Crippen LogP contribution in [0.15, 0.2) is 0 Å². The molecule has 0 aliphatic heterocycles. The first-order valence-electron chi connectivity index (χ1n) is 13.8. The molecule has 33 heavy (non-hydrogen) atoms. The smallest absolute Gasteiger partial charge is 0.137 e. The van der Waals surface area contributed by atoms with Crippen LogP contribution in [0.3, 0.4) is 0 Å². The average molecular weight is 457 g/mol. The SMILES string of the molecule is CC1C(=O)CCC2C1(C)CC(=O)C1C2(C)CC(O)C2(C)C3CC(C)(C)CCC3(C)CCC12C. The van der Waals surface area contributed by atoms with E-state index in [0.29, 0.717) is 48.1 Å². The van der Waals surface area contributed by atoms with Gasteiger partial charge in [0.25, 0.3) is 0 Å². The molecule has 0 amide bonds. The molecule has 0 spiro atoms. The monoisotopic (exact) mass is 456 g/mol. The van der Waals surface area contributed by atoms with Crippen LogP contribution in [-0.2, 0) is 9.59 Å². The zero-order valence-corrected chi connectivity index (χ0v) is 22.5. The Morgan fingerprint density at radius 2 is 1.42 bits per heavy atom. The highest BCUT2D eigenvalue weighted by Gasteiger charge is 2.75. The van der Waals surface area contributed by atoms with Gasteiger partial charge in [0.2, 0.25) is 0 Å². The van der Waals surface area contributed by atoms with Gasteiger partial charge in [-0.25, -0.2) is 0 Å². The molecule has 0 bridgehead atoms. The van der Waals surface area contributed by atoms with Crippen molar-refractivity contribution in [3.05, 3.63) is 0 Å². The van der Waals surface area contributed by atoms with E-state index in [1.807, 2.05) is 0 Å². The molecule has 5 saturated carbocycles. The molecule has 0 heterocycles. The number of hydrogen-bond donors (Lipinski definition) is 1. The Morgan fingerprint density at radius 3 is 2.09 bits per heavy atom. The van der Waals surface area contributed by atoms with Crippen molar-refractivity contribution in [3.63, 3.8) is 0 Å². The molecule has 186 valence electrons. The maximum atomic E-state index is 14.2. The lowest BCUT2D eigenvalue weighted by molar-refractivity contribution is -0.281. The van der Waals surface area contributed by atoms with Crippen LogP contribution in [0.4, 0.5) is 0 Å². The zero-order chi connectivity index (χ0) is 24.4. The van der Waals surface area contributed by atoms with Crippen LogP contribution in [0.2, 0.25) is 0 Å². The summed E-state index contributed by atoms with van der Waals surface area (Å²) in [6, 6.07) is 0. The van der Waals surface area contributed by atoms with Crippen LogP contribution in [0, 0.1) is 56.2 Å². The molecule has 10 atom stereocenters. The normalized spacial score (nSPS) is 58.0. The highest BCUT2D eigenvalue weighted by Crippen LogP contribution is 2.77. The molecule has 5 fully saturated rings. The molecule has 10 unspecified atom stereocenters. The lowest BCUT2D eigenvalue weighted by Gasteiger charge is -2.75. The van der Waals surface area contributed by atoms with E-state index in [0.717, 1.165) is 19.3 Å². The maximum Gasteiger partial charge on any atom is 0.137 e. The minimum absolute atomic E-state index is 0.00790. The van der Waals surface area contributed by atoms with Gasteiger partial charge in [-0.1, -0.05) is 55.4 Å². The fraction of sp³-hybridized carbons (Fsp3) is 0.933. The number of carbonyl (C=O) groups is 2. The Labute approximate surface area is 201 Å². The molecular formula is C30H48O3. The number of carbonyl (C=O) groups excluding carboxylic acids is 2. The van der Waals surface area contributed by atoms with E-state index in [-0.39, 0.29) is 38.9 Å². The molecule has 0 aromatic heterocycles. The van der Waals surface area contributed by atoms with Crippen LogP contribution in [0.5, 0.6) is 0 Å². The third-order valence-corrected chi connectivity index (χ3v) is 13.4. The van der Waals surface area contributed by atoms with E-state index >= 15 is 0 Å². The molecular weight excluding hydrogens is 408 g/mol. The van der Waals surface area contributed by atoms with Crippen LogP contribution in [0.1, 0.15) is 113 Å². The van der Waals surface area contributed by atoms with Gasteiger partial charge < -0.3 is 5.11 Å². The number of ketones is 2. The first-order valence-corrected chi connectivity index (χ1v) is 13.8. The number of Topliss-reactive ketones (excluding diaryl/α,β-unsaturated/α-hetero) is 2. The van der Waals surface area contributed by atoms with Gasteiger partial charge in [0.05, 0.1) is 6.10 Å². The van der Waals surface area contributed by atoms with Gasteiger partial charge in [0, 0.05) is 30.1 Å². The average Bonchev–Trinajstić information content (AvgIpc) is 2.69. The van der Waals surface area contributed by atoms with Crippen molar-refractivity contribution < 1.29 is 14.7 Å². The van der Waals surface area contributed by atoms with E-state index in [2.05, 4.69) is 55.4 Å². The fourth-order valence-corrected chi connectivity index (χ4v) is 11.1. The first kappa shape index (κ1) is 24.0. The van der Waals surface area contributed by atoms with Crippen LogP contribution >= 0.6 is 0 Å². The Morgan fingerprint density at radius 1 is 0.788 bits per heavy atom. The second-order valence-corrected chi connectivity index (χ2v) is 15.4. The standard InChI is InChI=1S/C30H48O3/c1-18-19(31)9-10-21-27(18,5)15-20(32)24-28(21,6)17-23(33)30(8)22-16-25(2,3)11-12-26(22,4)13-14-29(24,30)7/h18,21-24,33H,9-17H2,1-8H3. The van der Waals surface area contributed by atoms with Crippen LogP contribution in [-0.4, -0.2) is 22.8 Å². The third-order valence-electron chi connectivity index (χ3n) is 13.4. The molecule has 3 heteroatoms. The summed E-state index contributed by atoms with van der Waals surface area (Å²) in [5.41, 5.74) is -0.389. The van der Waals surface area contributed by atoms with Crippen molar-refractivity contribution in [3.8, 4) is 0 Å². The quantitative estimate of drug-likeness (QED) is 0.446. The summed E-state index contributed by atoms with van der Waals surface area (Å²) in [5, 5.41) is 12.2. The minimum atomic E-state index is -0.398. The molecule has 3 nitrogen and oxygen atoms in total. The lowest BCUT2D eigenvalue weighted by Crippen LogP contribution is -2.73. The second kappa shape index (κ2) is 6.74. The third kappa shape index (κ3) is 2.78. The van der Waals surface area contributed by atoms with E-state index in [1.165, 1.54) is 19.3 Å². The minimum Gasteiger partial charge on any atom is -0.393 e. The second-order valence-electron chi connectivity index (χ2n) is 15.4. The summed E-state index contributed by atoms with van der Waals surface area (Å²) >= 11 is 0. The van der Waals surface area contributed by atoms with Gasteiger partial charge >= 0.3 is 0 Å². The van der Waals surface area contributed by atoms with Crippen molar-refractivity contribution >= 4 is 11.6 Å². The highest BCUT2D eigenvalue weighted by molar-refractivity contribution is 5.88. The largest absolute Gasteiger partial charge is 0.393 e. The number of aliphatic hydroxyl groups is 1. The van der Waals surface area contributed by atoms with Gasteiger partial charge in [0.15, 0.2) is 0 Å². The highest BCUT2D eigenvalue weighted by atomic mass is 16.3. The van der Waals surface area contributed by atoms with E-state index in [1.54, 1.807) is 0 Å². The summed E-state index contributed by atoms with van der Waals surface area (Å²) in [6.07, 6.45) is 8.23.